The van der Waals surface area contributed by atoms with Crippen LogP contribution in [0.5, 0.6) is 0 Å². The molecule has 206 valence electrons. The maximum Gasteiger partial charge on any atom is 0.183 e. The second kappa shape index (κ2) is 9.71. The largest absolute Gasteiger partial charge is 0.456 e. The van der Waals surface area contributed by atoms with Gasteiger partial charge in [-0.1, -0.05) is 97.1 Å². The molecule has 0 fully saturated rings. The average molecular weight is 566 g/mol. The fourth-order valence-corrected chi connectivity index (χ4v) is 6.13. The first-order chi connectivity index (χ1) is 21.8. The lowest BCUT2D eigenvalue weighted by Gasteiger charge is -2.09. The molecule has 0 atom stereocenters. The number of fused-ring (bicyclic) bond motifs is 6. The number of para-hydroxylation sites is 2. The Morgan fingerprint density at radius 2 is 1.05 bits per heavy atom. The van der Waals surface area contributed by atoms with Crippen LogP contribution in [-0.4, -0.2) is 24.5 Å². The minimum absolute atomic E-state index is 0.498. The number of hydrogen-bond donors (Lipinski definition) is 0. The highest BCUT2D eigenvalue weighted by molar-refractivity contribution is 6.12. The van der Waals surface area contributed by atoms with Crippen LogP contribution in [0.15, 0.2) is 144 Å². The number of furan rings is 1. The van der Waals surface area contributed by atoms with E-state index in [-0.39, 0.29) is 0 Å². The molecule has 0 bridgehead atoms. The molecule has 5 aromatic carbocycles. The van der Waals surface area contributed by atoms with Crippen LogP contribution < -0.4 is 0 Å². The van der Waals surface area contributed by atoms with Crippen LogP contribution in [0, 0.1) is 0 Å². The first-order valence-electron chi connectivity index (χ1n) is 14.5. The van der Waals surface area contributed by atoms with Gasteiger partial charge in [-0.15, -0.1) is 0 Å². The van der Waals surface area contributed by atoms with Gasteiger partial charge in [-0.3, -0.25) is 4.98 Å². The Kier molecular flexibility index (Phi) is 5.40. The molecule has 4 heterocycles. The zero-order chi connectivity index (χ0) is 29.0. The molecule has 9 aromatic rings. The Labute approximate surface area is 251 Å². The van der Waals surface area contributed by atoms with Gasteiger partial charge in [0.1, 0.15) is 16.9 Å². The third-order valence-corrected chi connectivity index (χ3v) is 8.12. The standard InChI is InChI=1S/C38H23N5O/c1-3-11-24(12-4-1)36-40-37(25-13-5-2-6-14-25)42-38(41-36)35-34-29-20-19-26(23-33(29)44-32(34)21-22-39-35)43-30-17-9-7-15-27(30)28-16-8-10-18-31(28)43/h1-23H. The summed E-state index contributed by atoms with van der Waals surface area (Å²) >= 11 is 0. The highest BCUT2D eigenvalue weighted by Gasteiger charge is 2.20. The average Bonchev–Trinajstić information content (AvgIpc) is 3.64. The van der Waals surface area contributed by atoms with Crippen LogP contribution in [0.25, 0.3) is 83.7 Å². The highest BCUT2D eigenvalue weighted by atomic mass is 16.3. The predicted molar refractivity (Wildman–Crippen MR) is 176 cm³/mol. The van der Waals surface area contributed by atoms with Crippen molar-refractivity contribution in [1.82, 2.24) is 24.5 Å². The summed E-state index contributed by atoms with van der Waals surface area (Å²) in [5, 5.41) is 4.27. The zero-order valence-electron chi connectivity index (χ0n) is 23.4. The first-order valence-corrected chi connectivity index (χ1v) is 14.5. The van der Waals surface area contributed by atoms with Crippen molar-refractivity contribution in [3.05, 3.63) is 140 Å². The number of pyridine rings is 1. The number of aromatic nitrogens is 5. The van der Waals surface area contributed by atoms with E-state index in [2.05, 4.69) is 71.3 Å². The minimum atomic E-state index is 0.498. The van der Waals surface area contributed by atoms with Crippen molar-refractivity contribution < 1.29 is 4.42 Å². The quantitative estimate of drug-likeness (QED) is 0.213. The summed E-state index contributed by atoms with van der Waals surface area (Å²) in [6.07, 6.45) is 1.75. The molecule has 0 amide bonds. The van der Waals surface area contributed by atoms with Crippen LogP contribution in [-0.2, 0) is 0 Å². The summed E-state index contributed by atoms with van der Waals surface area (Å²) in [6.45, 7) is 0. The molecule has 0 spiro atoms. The van der Waals surface area contributed by atoms with Gasteiger partial charge in [-0.2, -0.15) is 0 Å². The van der Waals surface area contributed by atoms with E-state index in [1.165, 1.54) is 10.8 Å². The Bertz CT molecular complexity index is 2390. The van der Waals surface area contributed by atoms with Crippen molar-refractivity contribution in [2.45, 2.75) is 0 Å². The minimum Gasteiger partial charge on any atom is -0.456 e. The Balaban J connectivity index is 1.26. The van der Waals surface area contributed by atoms with Gasteiger partial charge in [-0.25, -0.2) is 15.0 Å². The molecule has 4 aromatic heterocycles. The SMILES string of the molecule is c1ccc(-c2nc(-c3ccccc3)nc(-c3nccc4oc5cc(-n6c7ccccc7c7ccccc76)ccc5c34)n2)cc1. The van der Waals surface area contributed by atoms with E-state index in [0.717, 1.165) is 49.8 Å². The van der Waals surface area contributed by atoms with Gasteiger partial charge < -0.3 is 8.98 Å². The summed E-state index contributed by atoms with van der Waals surface area (Å²) in [7, 11) is 0. The molecular weight excluding hydrogens is 542 g/mol. The topological polar surface area (TPSA) is 69.6 Å². The molecule has 0 saturated carbocycles. The van der Waals surface area contributed by atoms with E-state index in [1.807, 2.05) is 66.7 Å². The van der Waals surface area contributed by atoms with Gasteiger partial charge in [0.15, 0.2) is 17.5 Å². The van der Waals surface area contributed by atoms with Gasteiger partial charge in [0.25, 0.3) is 0 Å². The van der Waals surface area contributed by atoms with Crippen molar-refractivity contribution in [3.63, 3.8) is 0 Å². The summed E-state index contributed by atoms with van der Waals surface area (Å²) in [5.74, 6) is 1.68. The van der Waals surface area contributed by atoms with Crippen LogP contribution in [0.2, 0.25) is 0 Å². The summed E-state index contributed by atoms with van der Waals surface area (Å²) in [6, 6.07) is 45.2. The third kappa shape index (κ3) is 3.82. The predicted octanol–water partition coefficient (Wildman–Crippen LogP) is 9.26. The molecule has 9 rings (SSSR count). The van der Waals surface area contributed by atoms with Gasteiger partial charge in [0, 0.05) is 45.2 Å². The molecule has 0 aliphatic carbocycles. The molecular formula is C38H23N5O. The number of nitrogens with zero attached hydrogens (tertiary/aromatic N) is 5. The zero-order valence-corrected chi connectivity index (χ0v) is 23.4. The second-order valence-electron chi connectivity index (χ2n) is 10.7. The van der Waals surface area contributed by atoms with Gasteiger partial charge in [-0.05, 0) is 30.3 Å². The Morgan fingerprint density at radius 1 is 0.477 bits per heavy atom. The first kappa shape index (κ1) is 24.5. The van der Waals surface area contributed by atoms with E-state index in [4.69, 9.17) is 24.4 Å². The lowest BCUT2D eigenvalue weighted by molar-refractivity contribution is 0.668. The molecule has 44 heavy (non-hydrogen) atoms. The van der Waals surface area contributed by atoms with E-state index < -0.39 is 0 Å². The van der Waals surface area contributed by atoms with Crippen molar-refractivity contribution in [2.75, 3.05) is 0 Å². The van der Waals surface area contributed by atoms with Gasteiger partial charge >= 0.3 is 0 Å². The fraction of sp³-hybridized carbons (Fsp3) is 0. The van der Waals surface area contributed by atoms with Crippen molar-refractivity contribution in [1.29, 1.82) is 0 Å². The van der Waals surface area contributed by atoms with Gasteiger partial charge in [0.05, 0.1) is 16.4 Å². The number of hydrogen-bond acceptors (Lipinski definition) is 5. The van der Waals surface area contributed by atoms with Crippen LogP contribution in [0.1, 0.15) is 0 Å². The molecule has 0 aliphatic heterocycles. The van der Waals surface area contributed by atoms with E-state index in [1.54, 1.807) is 6.20 Å². The fourth-order valence-electron chi connectivity index (χ4n) is 6.13. The van der Waals surface area contributed by atoms with Crippen LogP contribution in [0.4, 0.5) is 0 Å². The van der Waals surface area contributed by atoms with Crippen molar-refractivity contribution in [3.8, 4) is 40.0 Å². The molecule has 6 heteroatoms. The Hall–Kier alpha value is -6.14. The van der Waals surface area contributed by atoms with Crippen LogP contribution >= 0.6 is 0 Å². The summed E-state index contributed by atoms with van der Waals surface area (Å²) in [4.78, 5) is 19.5. The molecule has 0 saturated heterocycles. The van der Waals surface area contributed by atoms with E-state index in [0.29, 0.717) is 23.2 Å². The van der Waals surface area contributed by atoms with E-state index in [9.17, 15) is 0 Å². The monoisotopic (exact) mass is 565 g/mol. The molecule has 0 unspecified atom stereocenters. The van der Waals surface area contributed by atoms with Crippen molar-refractivity contribution in [2.24, 2.45) is 0 Å². The van der Waals surface area contributed by atoms with Crippen molar-refractivity contribution >= 4 is 43.7 Å². The normalized spacial score (nSPS) is 11.6. The van der Waals surface area contributed by atoms with Crippen LogP contribution in [0.3, 0.4) is 0 Å². The van der Waals surface area contributed by atoms with E-state index >= 15 is 0 Å². The molecule has 0 radical (unpaired) electrons. The maximum absolute atomic E-state index is 6.48. The van der Waals surface area contributed by atoms with Gasteiger partial charge in [0.2, 0.25) is 0 Å². The Morgan fingerprint density at radius 3 is 1.68 bits per heavy atom. The lowest BCUT2D eigenvalue weighted by atomic mass is 10.1. The second-order valence-corrected chi connectivity index (χ2v) is 10.7. The third-order valence-electron chi connectivity index (χ3n) is 8.12. The molecule has 0 N–H and O–H groups in total. The molecule has 6 nitrogen and oxygen atoms in total. The summed E-state index contributed by atoms with van der Waals surface area (Å²) in [5.41, 5.74) is 7.31. The summed E-state index contributed by atoms with van der Waals surface area (Å²) < 4.78 is 8.78. The smallest absolute Gasteiger partial charge is 0.183 e. The highest BCUT2D eigenvalue weighted by Crippen LogP contribution is 2.38. The lowest BCUT2D eigenvalue weighted by Crippen LogP contribution is -2.01. The number of rotatable bonds is 4. The molecule has 0 aliphatic rings. The number of benzene rings is 5. The maximum atomic E-state index is 6.48.